The molecule has 17 heavy (non-hydrogen) atoms. The second-order valence-corrected chi connectivity index (χ2v) is 5.29. The second-order valence-electron chi connectivity index (χ2n) is 5.29. The van der Waals surface area contributed by atoms with E-state index in [4.69, 9.17) is 0 Å². The number of hydrogen-bond donors (Lipinski definition) is 1. The van der Waals surface area contributed by atoms with Gasteiger partial charge in [0, 0.05) is 30.9 Å². The Hall–Kier alpha value is -1.09. The number of nitrogens with one attached hydrogen (secondary N) is 1. The Kier molecular flexibility index (Phi) is 3.67. The van der Waals surface area contributed by atoms with Crippen LogP contribution < -0.4 is 10.2 Å². The van der Waals surface area contributed by atoms with E-state index in [0.717, 1.165) is 30.7 Å². The van der Waals surface area contributed by atoms with Gasteiger partial charge in [-0.2, -0.15) is 0 Å². The van der Waals surface area contributed by atoms with Crippen LogP contribution in [0.5, 0.6) is 0 Å². The van der Waals surface area contributed by atoms with Crippen LogP contribution >= 0.6 is 0 Å². The zero-order chi connectivity index (χ0) is 12.4. The maximum Gasteiger partial charge on any atom is 0.133 e. The fourth-order valence-electron chi connectivity index (χ4n) is 2.47. The molecular weight excluding hydrogens is 210 g/mol. The first-order chi connectivity index (χ1) is 8.13. The topological polar surface area (TPSA) is 28.2 Å². The van der Waals surface area contributed by atoms with Gasteiger partial charge in [-0.1, -0.05) is 19.9 Å². The smallest absolute Gasteiger partial charge is 0.133 e. The Morgan fingerprint density at radius 1 is 1.35 bits per heavy atom. The van der Waals surface area contributed by atoms with E-state index in [1.54, 1.807) is 0 Å². The van der Waals surface area contributed by atoms with Gasteiger partial charge in [-0.05, 0) is 31.9 Å². The van der Waals surface area contributed by atoms with Crippen LogP contribution in [0.3, 0.4) is 0 Å². The van der Waals surface area contributed by atoms with E-state index < -0.39 is 0 Å². The Morgan fingerprint density at radius 2 is 2.00 bits per heavy atom. The minimum absolute atomic E-state index is 0.352. The number of aromatic nitrogens is 1. The predicted octanol–water partition coefficient (Wildman–Crippen LogP) is 2.45. The molecule has 1 aliphatic rings. The molecule has 0 spiro atoms. The first-order valence-corrected chi connectivity index (χ1v) is 6.50. The maximum atomic E-state index is 4.58. The molecule has 1 aromatic heterocycles. The molecule has 94 valence electrons. The van der Waals surface area contributed by atoms with E-state index in [1.165, 1.54) is 5.56 Å². The summed E-state index contributed by atoms with van der Waals surface area (Å²) in [5.41, 5.74) is 1.30. The summed E-state index contributed by atoms with van der Waals surface area (Å²) in [7, 11) is 2.00. The molecule has 3 atom stereocenters. The Morgan fingerprint density at radius 3 is 2.59 bits per heavy atom. The summed E-state index contributed by atoms with van der Waals surface area (Å²) in [6.07, 6.45) is 1.90. The quantitative estimate of drug-likeness (QED) is 0.869. The average molecular weight is 233 g/mol. The Balaban J connectivity index is 2.26. The second kappa shape index (κ2) is 5.05. The lowest BCUT2D eigenvalue weighted by Gasteiger charge is -2.23. The van der Waals surface area contributed by atoms with Crippen LogP contribution in [0.15, 0.2) is 18.3 Å². The van der Waals surface area contributed by atoms with Gasteiger partial charge in [0.05, 0.1) is 0 Å². The number of nitrogens with zero attached hydrogens (tertiary/aromatic N) is 2. The highest BCUT2D eigenvalue weighted by atomic mass is 15.2. The lowest BCUT2D eigenvalue weighted by atomic mass is 10.0. The third-order valence-electron chi connectivity index (χ3n) is 4.00. The van der Waals surface area contributed by atoms with E-state index in [0.29, 0.717) is 6.04 Å². The van der Waals surface area contributed by atoms with Gasteiger partial charge in [0.25, 0.3) is 0 Å². The first-order valence-electron chi connectivity index (χ1n) is 6.50. The van der Waals surface area contributed by atoms with Crippen LogP contribution in [0.4, 0.5) is 5.82 Å². The van der Waals surface area contributed by atoms with Crippen molar-refractivity contribution in [3.05, 3.63) is 23.9 Å². The molecule has 1 N–H and O–H groups in total. The largest absolute Gasteiger partial charge is 0.356 e. The number of pyridine rings is 1. The van der Waals surface area contributed by atoms with Crippen LogP contribution in [0.2, 0.25) is 0 Å². The van der Waals surface area contributed by atoms with E-state index in [2.05, 4.69) is 42.0 Å². The van der Waals surface area contributed by atoms with Crippen molar-refractivity contribution in [2.24, 2.45) is 11.8 Å². The van der Waals surface area contributed by atoms with E-state index in [9.17, 15) is 0 Å². The Bertz CT molecular complexity index is 367. The molecule has 0 aliphatic carbocycles. The van der Waals surface area contributed by atoms with Crippen molar-refractivity contribution in [3.63, 3.8) is 0 Å². The number of rotatable bonds is 3. The summed E-state index contributed by atoms with van der Waals surface area (Å²) >= 11 is 0. The fourth-order valence-corrected chi connectivity index (χ4v) is 2.47. The van der Waals surface area contributed by atoms with E-state index in [-0.39, 0.29) is 0 Å². The highest BCUT2D eigenvalue weighted by Crippen LogP contribution is 2.30. The summed E-state index contributed by atoms with van der Waals surface area (Å²) in [5.74, 6) is 2.68. The van der Waals surface area contributed by atoms with Crippen molar-refractivity contribution < 1.29 is 0 Å². The third kappa shape index (κ3) is 2.44. The molecule has 2 rings (SSSR count). The minimum Gasteiger partial charge on any atom is -0.356 e. The molecule has 1 fully saturated rings. The zero-order valence-electron chi connectivity index (χ0n) is 11.3. The molecular formula is C14H23N3. The molecule has 3 heteroatoms. The minimum atomic E-state index is 0.352. The summed E-state index contributed by atoms with van der Waals surface area (Å²) in [6, 6.07) is 4.55. The molecule has 0 bridgehead atoms. The van der Waals surface area contributed by atoms with Gasteiger partial charge < -0.3 is 10.2 Å². The van der Waals surface area contributed by atoms with Gasteiger partial charge in [0.2, 0.25) is 0 Å². The Labute approximate surface area is 104 Å². The molecule has 0 saturated carbocycles. The fraction of sp³-hybridized carbons (Fsp3) is 0.643. The lowest BCUT2D eigenvalue weighted by molar-refractivity contribution is 0.494. The van der Waals surface area contributed by atoms with Gasteiger partial charge >= 0.3 is 0 Å². The summed E-state index contributed by atoms with van der Waals surface area (Å²) in [5, 5.41) is 3.30. The molecule has 0 aromatic carbocycles. The van der Waals surface area contributed by atoms with Crippen LogP contribution in [0.25, 0.3) is 0 Å². The SMILES string of the molecule is CNC(C)c1cccnc1N1CC(C)C(C)C1. The maximum absolute atomic E-state index is 4.58. The summed E-state index contributed by atoms with van der Waals surface area (Å²) in [4.78, 5) is 7.01. The van der Waals surface area contributed by atoms with Gasteiger partial charge in [-0.25, -0.2) is 4.98 Å². The van der Waals surface area contributed by atoms with Crippen LogP contribution in [-0.2, 0) is 0 Å². The van der Waals surface area contributed by atoms with Gasteiger partial charge in [0.1, 0.15) is 5.82 Å². The average Bonchev–Trinajstić information content (AvgIpc) is 2.68. The molecule has 0 amide bonds. The van der Waals surface area contributed by atoms with Crippen molar-refractivity contribution in [2.75, 3.05) is 25.0 Å². The lowest BCUT2D eigenvalue weighted by Crippen LogP contribution is -2.24. The predicted molar refractivity (Wildman–Crippen MR) is 72.3 cm³/mol. The number of anilines is 1. The monoisotopic (exact) mass is 233 g/mol. The molecule has 1 aliphatic heterocycles. The molecule has 1 saturated heterocycles. The molecule has 2 heterocycles. The molecule has 1 aromatic rings. The highest BCUT2D eigenvalue weighted by Gasteiger charge is 2.28. The highest BCUT2D eigenvalue weighted by molar-refractivity contribution is 5.49. The zero-order valence-corrected chi connectivity index (χ0v) is 11.3. The van der Waals surface area contributed by atoms with Crippen molar-refractivity contribution >= 4 is 5.82 Å². The van der Waals surface area contributed by atoms with Crippen LogP contribution in [0.1, 0.15) is 32.4 Å². The van der Waals surface area contributed by atoms with E-state index >= 15 is 0 Å². The van der Waals surface area contributed by atoms with Gasteiger partial charge in [0.15, 0.2) is 0 Å². The standard InChI is InChI=1S/C14H23N3/c1-10-8-17(9-11(10)2)14-13(12(3)15-4)6-5-7-16-14/h5-7,10-12,15H,8-9H2,1-4H3. The van der Waals surface area contributed by atoms with Crippen molar-refractivity contribution in [1.82, 2.24) is 10.3 Å². The van der Waals surface area contributed by atoms with Crippen molar-refractivity contribution in [2.45, 2.75) is 26.8 Å². The van der Waals surface area contributed by atoms with E-state index in [1.807, 2.05) is 19.3 Å². The summed E-state index contributed by atoms with van der Waals surface area (Å²) < 4.78 is 0. The summed E-state index contributed by atoms with van der Waals surface area (Å²) in [6.45, 7) is 9.09. The van der Waals surface area contributed by atoms with Crippen molar-refractivity contribution in [1.29, 1.82) is 0 Å². The van der Waals surface area contributed by atoms with Gasteiger partial charge in [-0.3, -0.25) is 0 Å². The molecule has 3 unspecified atom stereocenters. The van der Waals surface area contributed by atoms with Gasteiger partial charge in [-0.15, -0.1) is 0 Å². The van der Waals surface area contributed by atoms with Crippen molar-refractivity contribution in [3.8, 4) is 0 Å². The molecule has 0 radical (unpaired) electrons. The third-order valence-corrected chi connectivity index (χ3v) is 4.00. The first kappa shape index (κ1) is 12.4. The van der Waals surface area contributed by atoms with Crippen LogP contribution in [-0.4, -0.2) is 25.1 Å². The number of hydrogen-bond acceptors (Lipinski definition) is 3. The molecule has 3 nitrogen and oxygen atoms in total. The normalized spacial score (nSPS) is 26.2. The van der Waals surface area contributed by atoms with Crippen LogP contribution in [0, 0.1) is 11.8 Å².